The Balaban J connectivity index is 1.63. The average molecular weight is 545 g/mol. The molecular weight excluding hydrogens is 518 g/mol. The van der Waals surface area contributed by atoms with Crippen LogP contribution in [0, 0.1) is 12.1 Å². The summed E-state index contributed by atoms with van der Waals surface area (Å²) in [4.78, 5) is 18.0. The highest BCUT2D eigenvalue weighted by Gasteiger charge is 2.14. The molecule has 4 rings (SSSR count). The molecule has 3 N–H and O–H groups in total. The standard InChI is InChI=1S/C28H26N5O5S/c1-18-26(39-28(29-18)30-21-11-13-22(14-12-21)33(35)36)23(31-32-27(34)20-7-5-4-6-8-20)15-9-19-10-16-24(37-2)25(17-19)38-3/h4-17,35H,1-3H3,(H,29,30)(H,32,34)/q-1/b15-9+,31-23+. The fourth-order valence-electron chi connectivity index (χ4n) is 3.54. The van der Waals surface area contributed by atoms with E-state index in [9.17, 15) is 10.0 Å². The van der Waals surface area contributed by atoms with E-state index in [-0.39, 0.29) is 16.8 Å². The number of ether oxygens (including phenoxy) is 2. The molecule has 0 fully saturated rings. The van der Waals surface area contributed by atoms with Crippen molar-refractivity contribution in [1.82, 2.24) is 10.4 Å². The summed E-state index contributed by atoms with van der Waals surface area (Å²) in [6, 6.07) is 20.6. The molecule has 3 aromatic carbocycles. The zero-order valence-corrected chi connectivity index (χ0v) is 22.2. The normalized spacial score (nSPS) is 11.4. The van der Waals surface area contributed by atoms with Gasteiger partial charge in [0.15, 0.2) is 16.6 Å². The van der Waals surface area contributed by atoms with E-state index in [2.05, 4.69) is 20.8 Å². The van der Waals surface area contributed by atoms with Gasteiger partial charge in [-0.1, -0.05) is 41.7 Å². The lowest BCUT2D eigenvalue weighted by molar-refractivity contribution is 0.0955. The van der Waals surface area contributed by atoms with Crippen LogP contribution in [-0.2, 0) is 0 Å². The fraction of sp³-hybridized carbons (Fsp3) is 0.107. The van der Waals surface area contributed by atoms with Crippen LogP contribution in [0.25, 0.3) is 6.08 Å². The molecule has 4 aromatic rings. The second-order valence-electron chi connectivity index (χ2n) is 8.13. The first kappa shape index (κ1) is 27.3. The van der Waals surface area contributed by atoms with E-state index in [4.69, 9.17) is 14.7 Å². The first-order valence-electron chi connectivity index (χ1n) is 11.7. The minimum Gasteiger partial charge on any atom is -0.733 e. The predicted molar refractivity (Wildman–Crippen MR) is 153 cm³/mol. The van der Waals surface area contributed by atoms with E-state index < -0.39 is 0 Å². The number of thiazole rings is 1. The third-order valence-electron chi connectivity index (χ3n) is 5.52. The van der Waals surface area contributed by atoms with Gasteiger partial charge in [-0.3, -0.25) is 10.0 Å². The third-order valence-corrected chi connectivity index (χ3v) is 6.62. The number of amides is 1. The molecule has 1 amide bonds. The number of carbonyl (C=O) groups excluding carboxylic acids is 1. The summed E-state index contributed by atoms with van der Waals surface area (Å²) in [7, 11) is 3.14. The van der Waals surface area contributed by atoms with Crippen molar-refractivity contribution in [2.45, 2.75) is 6.92 Å². The van der Waals surface area contributed by atoms with Crippen LogP contribution in [0.2, 0.25) is 0 Å². The molecule has 1 heterocycles. The van der Waals surface area contributed by atoms with Gasteiger partial charge in [-0.25, -0.2) is 10.4 Å². The van der Waals surface area contributed by atoms with Crippen LogP contribution in [-0.4, -0.2) is 36.0 Å². The maximum atomic E-state index is 12.7. The molecule has 1 aromatic heterocycles. The van der Waals surface area contributed by atoms with Crippen molar-refractivity contribution in [1.29, 1.82) is 0 Å². The molecule has 0 spiro atoms. The van der Waals surface area contributed by atoms with Crippen molar-refractivity contribution in [2.24, 2.45) is 5.10 Å². The molecule has 0 aliphatic carbocycles. The summed E-state index contributed by atoms with van der Waals surface area (Å²) in [6.45, 7) is 1.85. The number of benzene rings is 3. The molecule has 0 bridgehead atoms. The smallest absolute Gasteiger partial charge is 0.271 e. The lowest BCUT2D eigenvalue weighted by atomic mass is 10.1. The highest BCUT2D eigenvalue weighted by molar-refractivity contribution is 7.17. The zero-order chi connectivity index (χ0) is 27.8. The van der Waals surface area contributed by atoms with Gasteiger partial charge in [-0.15, -0.1) is 0 Å². The monoisotopic (exact) mass is 544 g/mol. The Morgan fingerprint density at radius 2 is 1.77 bits per heavy atom. The molecule has 10 nitrogen and oxygen atoms in total. The van der Waals surface area contributed by atoms with Crippen LogP contribution in [0.5, 0.6) is 11.5 Å². The summed E-state index contributed by atoms with van der Waals surface area (Å²) in [5, 5.41) is 28.1. The maximum absolute atomic E-state index is 12.7. The molecular formula is C28H26N5O5S-. The number of aryl methyl sites for hydroxylation is 1. The van der Waals surface area contributed by atoms with Crippen LogP contribution in [0.1, 0.15) is 26.5 Å². The fourth-order valence-corrected chi connectivity index (χ4v) is 4.50. The van der Waals surface area contributed by atoms with E-state index in [0.29, 0.717) is 39.3 Å². The lowest BCUT2D eigenvalue weighted by Gasteiger charge is -2.21. The number of nitrogens with zero attached hydrogens (tertiary/aromatic N) is 3. The van der Waals surface area contributed by atoms with Gasteiger partial charge in [0.1, 0.15) is 5.71 Å². The van der Waals surface area contributed by atoms with Crippen molar-refractivity contribution in [3.8, 4) is 11.5 Å². The van der Waals surface area contributed by atoms with Crippen molar-refractivity contribution in [2.75, 3.05) is 24.8 Å². The van der Waals surface area contributed by atoms with E-state index in [1.165, 1.54) is 23.5 Å². The number of hydrogen-bond acceptors (Lipinski definition) is 10. The summed E-state index contributed by atoms with van der Waals surface area (Å²) < 4.78 is 10.7. The Morgan fingerprint density at radius 3 is 2.44 bits per heavy atom. The SMILES string of the molecule is COc1ccc(/C=C/C(=N\NC(=O)c2ccccc2)c2sc(Nc3ccc(N([O-])O)cc3)nc2C)cc1OC. The number of methoxy groups -OCH3 is 2. The van der Waals surface area contributed by atoms with Gasteiger partial charge in [0.2, 0.25) is 0 Å². The molecule has 11 heteroatoms. The number of carbonyl (C=O) groups is 1. The first-order valence-corrected chi connectivity index (χ1v) is 12.5. The van der Waals surface area contributed by atoms with Crippen LogP contribution >= 0.6 is 11.3 Å². The van der Waals surface area contributed by atoms with Gasteiger partial charge in [0.05, 0.1) is 30.5 Å². The second-order valence-corrected chi connectivity index (χ2v) is 9.13. The number of hydrogen-bond donors (Lipinski definition) is 3. The molecule has 0 unspecified atom stereocenters. The quantitative estimate of drug-likeness (QED) is 0.170. The van der Waals surface area contributed by atoms with Crippen molar-refractivity contribution >= 4 is 45.5 Å². The molecule has 39 heavy (non-hydrogen) atoms. The predicted octanol–water partition coefficient (Wildman–Crippen LogP) is 5.75. The minimum absolute atomic E-state index is 0.112. The van der Waals surface area contributed by atoms with E-state index in [0.717, 1.165) is 10.4 Å². The van der Waals surface area contributed by atoms with Crippen molar-refractivity contribution < 1.29 is 19.5 Å². The summed E-state index contributed by atoms with van der Waals surface area (Å²) >= 11 is 1.35. The molecule has 0 saturated carbocycles. The van der Waals surface area contributed by atoms with Crippen LogP contribution in [0.3, 0.4) is 0 Å². The Hall–Kier alpha value is -4.71. The number of anilines is 3. The summed E-state index contributed by atoms with van der Waals surface area (Å²) in [5.41, 5.74) is 5.94. The largest absolute Gasteiger partial charge is 0.733 e. The van der Waals surface area contributed by atoms with Crippen molar-refractivity contribution in [3.05, 3.63) is 106 Å². The average Bonchev–Trinajstić information content (AvgIpc) is 3.32. The van der Waals surface area contributed by atoms with Gasteiger partial charge in [0.25, 0.3) is 5.91 Å². The Labute approximate surface area is 229 Å². The number of nitrogens with one attached hydrogen (secondary N) is 2. The Kier molecular flexibility index (Phi) is 8.90. The van der Waals surface area contributed by atoms with E-state index in [1.807, 2.05) is 31.2 Å². The van der Waals surface area contributed by atoms with E-state index in [1.54, 1.807) is 62.8 Å². The third kappa shape index (κ3) is 6.99. The lowest BCUT2D eigenvalue weighted by Crippen LogP contribution is -2.19. The Morgan fingerprint density at radius 1 is 1.05 bits per heavy atom. The molecule has 0 radical (unpaired) electrons. The first-order chi connectivity index (χ1) is 18.9. The van der Waals surface area contributed by atoms with E-state index >= 15 is 0 Å². The molecule has 200 valence electrons. The number of aromatic nitrogens is 1. The zero-order valence-electron chi connectivity index (χ0n) is 21.4. The molecule has 0 atom stereocenters. The topological polar surface area (TPSA) is 131 Å². The van der Waals surface area contributed by atoms with Gasteiger partial charge < -0.3 is 25.2 Å². The van der Waals surface area contributed by atoms with Gasteiger partial charge >= 0.3 is 0 Å². The molecule has 0 saturated heterocycles. The van der Waals surface area contributed by atoms with Crippen LogP contribution < -0.4 is 25.4 Å². The maximum Gasteiger partial charge on any atom is 0.271 e. The van der Waals surface area contributed by atoms with Gasteiger partial charge in [-0.2, -0.15) is 5.10 Å². The molecule has 0 aliphatic heterocycles. The second kappa shape index (κ2) is 12.7. The molecule has 0 aliphatic rings. The van der Waals surface area contributed by atoms with Gasteiger partial charge in [-0.05, 0) is 67.1 Å². The number of hydrazone groups is 1. The number of allylic oxidation sites excluding steroid dienone is 1. The van der Waals surface area contributed by atoms with Crippen molar-refractivity contribution in [3.63, 3.8) is 0 Å². The summed E-state index contributed by atoms with van der Waals surface area (Å²) in [6.07, 6.45) is 3.64. The highest BCUT2D eigenvalue weighted by atomic mass is 32.1. The summed E-state index contributed by atoms with van der Waals surface area (Å²) in [5.74, 6) is 0.857. The highest BCUT2D eigenvalue weighted by Crippen LogP contribution is 2.30. The number of rotatable bonds is 10. The van der Waals surface area contributed by atoms with Crippen LogP contribution in [0.15, 0.2) is 84.0 Å². The van der Waals surface area contributed by atoms with Crippen LogP contribution in [0.4, 0.5) is 16.5 Å². The Bertz CT molecular complexity index is 1480. The minimum atomic E-state index is -0.343. The van der Waals surface area contributed by atoms with Gasteiger partial charge in [0, 0.05) is 11.3 Å².